The fraction of sp³-hybridized carbons (Fsp3) is 0.429. The minimum absolute atomic E-state index is 0.472. The SMILES string of the molecule is CCCCC(C=O)(Sc1ccccc1)C(=O)OC. The number of carbonyl (C=O) groups excluding carboxylic acids is 2. The Morgan fingerprint density at radius 3 is 2.56 bits per heavy atom. The summed E-state index contributed by atoms with van der Waals surface area (Å²) in [5.41, 5.74) is 0. The maximum absolute atomic E-state index is 11.9. The van der Waals surface area contributed by atoms with Gasteiger partial charge in [-0.3, -0.25) is 4.79 Å². The van der Waals surface area contributed by atoms with Crippen molar-refractivity contribution in [3.63, 3.8) is 0 Å². The lowest BCUT2D eigenvalue weighted by molar-refractivity contribution is -0.145. The molecule has 0 aliphatic rings. The van der Waals surface area contributed by atoms with E-state index in [1.165, 1.54) is 18.9 Å². The van der Waals surface area contributed by atoms with E-state index >= 15 is 0 Å². The molecule has 0 radical (unpaired) electrons. The van der Waals surface area contributed by atoms with E-state index in [9.17, 15) is 9.59 Å². The van der Waals surface area contributed by atoms with Crippen molar-refractivity contribution in [2.45, 2.75) is 35.8 Å². The van der Waals surface area contributed by atoms with Gasteiger partial charge in [0.05, 0.1) is 7.11 Å². The average molecular weight is 266 g/mol. The Kier molecular flexibility index (Phi) is 5.92. The molecule has 0 aliphatic carbocycles. The molecule has 4 heteroatoms. The van der Waals surface area contributed by atoms with Crippen LogP contribution < -0.4 is 0 Å². The Morgan fingerprint density at radius 2 is 2.06 bits per heavy atom. The first-order chi connectivity index (χ1) is 8.68. The topological polar surface area (TPSA) is 43.4 Å². The van der Waals surface area contributed by atoms with Crippen LogP contribution in [0.15, 0.2) is 35.2 Å². The normalized spacial score (nSPS) is 13.7. The number of hydrogen-bond donors (Lipinski definition) is 0. The van der Waals surface area contributed by atoms with Crippen LogP contribution in [0.2, 0.25) is 0 Å². The maximum Gasteiger partial charge on any atom is 0.329 e. The molecule has 1 atom stereocenters. The summed E-state index contributed by atoms with van der Waals surface area (Å²) in [4.78, 5) is 24.2. The van der Waals surface area contributed by atoms with E-state index in [1.807, 2.05) is 37.3 Å². The predicted octanol–water partition coefficient (Wildman–Crippen LogP) is 3.08. The summed E-state index contributed by atoms with van der Waals surface area (Å²) in [5, 5.41) is 0. The molecule has 0 saturated heterocycles. The lowest BCUT2D eigenvalue weighted by Crippen LogP contribution is -2.38. The van der Waals surface area contributed by atoms with Gasteiger partial charge in [0, 0.05) is 4.90 Å². The van der Waals surface area contributed by atoms with Crippen molar-refractivity contribution >= 4 is 24.0 Å². The molecule has 0 fully saturated rings. The van der Waals surface area contributed by atoms with Gasteiger partial charge in [-0.2, -0.15) is 0 Å². The molecule has 1 unspecified atom stereocenters. The highest BCUT2D eigenvalue weighted by atomic mass is 32.2. The number of unbranched alkanes of at least 4 members (excludes halogenated alkanes) is 1. The third kappa shape index (κ3) is 3.60. The second kappa shape index (κ2) is 7.21. The van der Waals surface area contributed by atoms with Gasteiger partial charge in [-0.25, -0.2) is 0 Å². The van der Waals surface area contributed by atoms with Crippen molar-refractivity contribution in [3.8, 4) is 0 Å². The smallest absolute Gasteiger partial charge is 0.329 e. The van der Waals surface area contributed by atoms with E-state index in [-0.39, 0.29) is 0 Å². The fourth-order valence-electron chi connectivity index (χ4n) is 1.64. The Hall–Kier alpha value is -1.29. The van der Waals surface area contributed by atoms with Gasteiger partial charge >= 0.3 is 5.97 Å². The van der Waals surface area contributed by atoms with Crippen molar-refractivity contribution in [1.82, 2.24) is 0 Å². The molecule has 18 heavy (non-hydrogen) atoms. The molecule has 98 valence electrons. The monoisotopic (exact) mass is 266 g/mol. The van der Waals surface area contributed by atoms with E-state index in [0.29, 0.717) is 12.7 Å². The molecule has 0 aliphatic heterocycles. The van der Waals surface area contributed by atoms with Crippen molar-refractivity contribution < 1.29 is 14.3 Å². The van der Waals surface area contributed by atoms with Crippen LogP contribution in [-0.2, 0) is 14.3 Å². The summed E-state index contributed by atoms with van der Waals surface area (Å²) >= 11 is 1.27. The molecule has 0 saturated carbocycles. The number of rotatable bonds is 7. The molecule has 1 aromatic carbocycles. The van der Waals surface area contributed by atoms with E-state index in [2.05, 4.69) is 0 Å². The van der Waals surface area contributed by atoms with E-state index in [0.717, 1.165) is 17.7 Å². The third-order valence-electron chi connectivity index (χ3n) is 2.67. The number of aldehydes is 1. The van der Waals surface area contributed by atoms with Crippen molar-refractivity contribution in [2.24, 2.45) is 0 Å². The van der Waals surface area contributed by atoms with Crippen molar-refractivity contribution in [3.05, 3.63) is 30.3 Å². The van der Waals surface area contributed by atoms with Crippen LogP contribution in [0.3, 0.4) is 0 Å². The second-order valence-corrected chi connectivity index (χ2v) is 5.42. The Bertz CT molecular complexity index is 391. The number of methoxy groups -OCH3 is 1. The zero-order chi connectivity index (χ0) is 13.4. The third-order valence-corrected chi connectivity index (χ3v) is 4.01. The quantitative estimate of drug-likeness (QED) is 0.329. The summed E-state index contributed by atoms with van der Waals surface area (Å²) in [6, 6.07) is 9.44. The molecule has 0 heterocycles. The molecule has 1 aromatic rings. The Labute approximate surface area is 112 Å². The van der Waals surface area contributed by atoms with Gasteiger partial charge in [-0.1, -0.05) is 49.7 Å². The van der Waals surface area contributed by atoms with Crippen molar-refractivity contribution in [2.75, 3.05) is 7.11 Å². The summed E-state index contributed by atoms with van der Waals surface area (Å²) in [5.74, 6) is -0.472. The highest BCUT2D eigenvalue weighted by molar-refractivity contribution is 8.02. The first kappa shape index (κ1) is 14.8. The summed E-state index contributed by atoms with van der Waals surface area (Å²) in [6.07, 6.45) is 2.96. The molecule has 3 nitrogen and oxygen atoms in total. The number of carbonyl (C=O) groups is 2. The van der Waals surface area contributed by atoms with E-state index in [4.69, 9.17) is 4.74 Å². The summed E-state index contributed by atoms with van der Waals surface area (Å²) < 4.78 is 3.67. The fourth-order valence-corrected chi connectivity index (χ4v) is 2.81. The summed E-state index contributed by atoms with van der Waals surface area (Å²) in [7, 11) is 1.32. The predicted molar refractivity (Wildman–Crippen MR) is 72.6 cm³/mol. The van der Waals surface area contributed by atoms with Gasteiger partial charge in [0.1, 0.15) is 6.29 Å². The van der Waals surface area contributed by atoms with Crippen LogP contribution in [0.4, 0.5) is 0 Å². The highest BCUT2D eigenvalue weighted by Crippen LogP contribution is 2.36. The minimum atomic E-state index is -1.12. The Morgan fingerprint density at radius 1 is 1.39 bits per heavy atom. The molecule has 0 N–H and O–H groups in total. The van der Waals surface area contributed by atoms with Gasteiger partial charge < -0.3 is 9.53 Å². The minimum Gasteiger partial charge on any atom is -0.468 e. The lowest BCUT2D eigenvalue weighted by atomic mass is 10.0. The van der Waals surface area contributed by atoms with Gasteiger partial charge in [-0.15, -0.1) is 0 Å². The highest BCUT2D eigenvalue weighted by Gasteiger charge is 2.40. The van der Waals surface area contributed by atoms with Crippen LogP contribution >= 0.6 is 11.8 Å². The van der Waals surface area contributed by atoms with E-state index < -0.39 is 10.7 Å². The summed E-state index contributed by atoms with van der Waals surface area (Å²) in [6.45, 7) is 2.03. The van der Waals surface area contributed by atoms with E-state index in [1.54, 1.807) is 0 Å². The van der Waals surface area contributed by atoms with Gasteiger partial charge in [0.15, 0.2) is 4.75 Å². The molecular formula is C14H18O3S. The lowest BCUT2D eigenvalue weighted by Gasteiger charge is -2.24. The van der Waals surface area contributed by atoms with Crippen molar-refractivity contribution in [1.29, 1.82) is 0 Å². The average Bonchev–Trinajstić information content (AvgIpc) is 2.43. The number of thioether (sulfide) groups is 1. The largest absolute Gasteiger partial charge is 0.468 e. The molecular weight excluding hydrogens is 248 g/mol. The number of benzene rings is 1. The first-order valence-corrected chi connectivity index (χ1v) is 6.79. The molecule has 0 amide bonds. The Balaban J connectivity index is 2.95. The molecule has 1 rings (SSSR count). The van der Waals surface area contributed by atoms with Gasteiger partial charge in [-0.05, 0) is 18.6 Å². The standard InChI is InChI=1S/C14H18O3S/c1-3-4-10-14(11-15,13(16)17-2)18-12-8-6-5-7-9-12/h5-9,11H,3-4,10H2,1-2H3. The number of hydrogen-bond acceptors (Lipinski definition) is 4. The number of esters is 1. The first-order valence-electron chi connectivity index (χ1n) is 5.97. The van der Waals surface area contributed by atoms with Crippen LogP contribution in [0.5, 0.6) is 0 Å². The zero-order valence-electron chi connectivity index (χ0n) is 10.7. The maximum atomic E-state index is 11.9. The molecule has 0 spiro atoms. The van der Waals surface area contributed by atoms with Crippen LogP contribution in [0.25, 0.3) is 0 Å². The molecule has 0 aromatic heterocycles. The van der Waals surface area contributed by atoms with Gasteiger partial charge in [0.2, 0.25) is 0 Å². The van der Waals surface area contributed by atoms with Gasteiger partial charge in [0.25, 0.3) is 0 Å². The zero-order valence-corrected chi connectivity index (χ0v) is 11.5. The van der Waals surface area contributed by atoms with Crippen LogP contribution in [-0.4, -0.2) is 24.1 Å². The van der Waals surface area contributed by atoms with Crippen LogP contribution in [0.1, 0.15) is 26.2 Å². The second-order valence-electron chi connectivity index (χ2n) is 4.02. The number of ether oxygens (including phenoxy) is 1. The molecule has 0 bridgehead atoms. The van der Waals surface area contributed by atoms with Crippen LogP contribution in [0, 0.1) is 0 Å².